The molecule has 0 spiro atoms. The minimum absolute atomic E-state index is 0.141. The van der Waals surface area contributed by atoms with Crippen LogP contribution >= 0.6 is 15.9 Å². The summed E-state index contributed by atoms with van der Waals surface area (Å²) in [5.74, 6) is -0.672. The summed E-state index contributed by atoms with van der Waals surface area (Å²) in [6.45, 7) is 0.141. The molecule has 0 atom stereocenters. The van der Waals surface area contributed by atoms with Crippen molar-refractivity contribution in [1.29, 1.82) is 0 Å². The number of nitrogens with one attached hydrogen (secondary N) is 1. The van der Waals surface area contributed by atoms with Crippen molar-refractivity contribution in [3.05, 3.63) is 46.1 Å². The number of rotatable bonds is 3. The van der Waals surface area contributed by atoms with Gasteiger partial charge in [0, 0.05) is 24.2 Å². The molecule has 0 fully saturated rings. The molecular formula is C11H9BrF2N4. The van der Waals surface area contributed by atoms with E-state index in [1.54, 1.807) is 6.07 Å². The van der Waals surface area contributed by atoms with Crippen LogP contribution < -0.4 is 11.1 Å². The van der Waals surface area contributed by atoms with Crippen LogP contribution in [0.3, 0.4) is 0 Å². The normalized spacial score (nSPS) is 10.4. The number of nitrogen functional groups attached to an aromatic ring is 1. The van der Waals surface area contributed by atoms with Crippen LogP contribution in [0.1, 0.15) is 5.56 Å². The van der Waals surface area contributed by atoms with Crippen LogP contribution in [-0.2, 0) is 6.54 Å². The van der Waals surface area contributed by atoms with E-state index in [1.165, 1.54) is 12.1 Å². The van der Waals surface area contributed by atoms with Gasteiger partial charge in [-0.05, 0) is 22.0 Å². The highest BCUT2D eigenvalue weighted by Gasteiger charge is 2.05. The van der Waals surface area contributed by atoms with Crippen LogP contribution in [0.15, 0.2) is 28.9 Å². The molecule has 0 amide bonds. The lowest BCUT2D eigenvalue weighted by molar-refractivity contribution is 0.574. The summed E-state index contributed by atoms with van der Waals surface area (Å²) in [6.07, 6.45) is 0. The summed E-state index contributed by atoms with van der Waals surface area (Å²) >= 11 is 3.17. The summed E-state index contributed by atoms with van der Waals surface area (Å²) in [6, 6.07) is 4.92. The first-order valence-electron chi connectivity index (χ1n) is 5.02. The fraction of sp³-hybridized carbons (Fsp3) is 0.0909. The monoisotopic (exact) mass is 314 g/mol. The van der Waals surface area contributed by atoms with Crippen molar-refractivity contribution in [2.45, 2.75) is 6.54 Å². The minimum atomic E-state index is -0.620. The molecule has 0 unspecified atom stereocenters. The van der Waals surface area contributed by atoms with Crippen LogP contribution in [0.2, 0.25) is 0 Å². The molecule has 2 rings (SSSR count). The summed E-state index contributed by atoms with van der Waals surface area (Å²) in [5.41, 5.74) is 5.85. The van der Waals surface area contributed by atoms with E-state index in [2.05, 4.69) is 31.2 Å². The largest absolute Gasteiger partial charge is 0.383 e. The molecule has 1 aromatic heterocycles. The third-order valence-electron chi connectivity index (χ3n) is 2.17. The number of aromatic nitrogens is 2. The fourth-order valence-corrected chi connectivity index (χ4v) is 1.76. The van der Waals surface area contributed by atoms with Gasteiger partial charge in [0.15, 0.2) is 0 Å². The van der Waals surface area contributed by atoms with Crippen LogP contribution in [0.4, 0.5) is 20.5 Å². The quantitative estimate of drug-likeness (QED) is 0.855. The maximum atomic E-state index is 13.4. The minimum Gasteiger partial charge on any atom is -0.383 e. The first-order chi connectivity index (χ1) is 8.54. The Bertz CT molecular complexity index is 557. The Morgan fingerprint density at radius 3 is 2.67 bits per heavy atom. The highest BCUT2D eigenvalue weighted by atomic mass is 79.9. The Morgan fingerprint density at radius 1 is 1.22 bits per heavy atom. The number of benzene rings is 1. The standard InChI is InChI=1S/C11H9BrF2N4/c12-9-4-10(15)18-11(17-9)16-5-6-1-2-7(13)3-8(6)14/h1-4H,5H2,(H3,15,16,17,18). The Kier molecular flexibility index (Phi) is 3.71. The van der Waals surface area contributed by atoms with Crippen molar-refractivity contribution in [2.24, 2.45) is 0 Å². The van der Waals surface area contributed by atoms with Crippen molar-refractivity contribution in [2.75, 3.05) is 11.1 Å². The molecule has 94 valence electrons. The second-order valence-corrected chi connectivity index (χ2v) is 4.34. The smallest absolute Gasteiger partial charge is 0.225 e. The van der Waals surface area contributed by atoms with Gasteiger partial charge in [-0.25, -0.2) is 13.8 Å². The maximum absolute atomic E-state index is 13.4. The number of nitrogens with zero attached hydrogens (tertiary/aromatic N) is 2. The average molecular weight is 315 g/mol. The molecule has 0 aliphatic heterocycles. The predicted molar refractivity (Wildman–Crippen MR) is 67.8 cm³/mol. The average Bonchev–Trinajstić information content (AvgIpc) is 2.26. The van der Waals surface area contributed by atoms with Gasteiger partial charge in [0.05, 0.1) is 0 Å². The van der Waals surface area contributed by atoms with Gasteiger partial charge < -0.3 is 11.1 Å². The van der Waals surface area contributed by atoms with Crippen LogP contribution in [0.5, 0.6) is 0 Å². The lowest BCUT2D eigenvalue weighted by Gasteiger charge is -2.07. The summed E-state index contributed by atoms with van der Waals surface area (Å²) in [5, 5.41) is 2.81. The van der Waals surface area contributed by atoms with E-state index in [0.717, 1.165) is 6.07 Å². The molecular weight excluding hydrogens is 306 g/mol. The maximum Gasteiger partial charge on any atom is 0.225 e. The van der Waals surface area contributed by atoms with Gasteiger partial charge in [-0.3, -0.25) is 0 Å². The zero-order valence-electron chi connectivity index (χ0n) is 9.12. The Balaban J connectivity index is 2.11. The summed E-state index contributed by atoms with van der Waals surface area (Å²) in [7, 11) is 0. The second kappa shape index (κ2) is 5.26. The van der Waals surface area contributed by atoms with Crippen molar-refractivity contribution in [1.82, 2.24) is 9.97 Å². The second-order valence-electron chi connectivity index (χ2n) is 3.53. The van der Waals surface area contributed by atoms with Gasteiger partial charge in [-0.2, -0.15) is 4.98 Å². The van der Waals surface area contributed by atoms with E-state index in [-0.39, 0.29) is 12.5 Å². The summed E-state index contributed by atoms with van der Waals surface area (Å²) in [4.78, 5) is 7.94. The number of nitrogens with two attached hydrogens (primary N) is 1. The zero-order chi connectivity index (χ0) is 13.1. The van der Waals surface area contributed by atoms with Crippen molar-refractivity contribution >= 4 is 27.7 Å². The van der Waals surface area contributed by atoms with Gasteiger partial charge in [0.2, 0.25) is 5.95 Å². The van der Waals surface area contributed by atoms with E-state index in [4.69, 9.17) is 5.73 Å². The molecule has 4 nitrogen and oxygen atoms in total. The van der Waals surface area contributed by atoms with Crippen molar-refractivity contribution < 1.29 is 8.78 Å². The lowest BCUT2D eigenvalue weighted by atomic mass is 10.2. The van der Waals surface area contributed by atoms with Crippen LogP contribution in [-0.4, -0.2) is 9.97 Å². The van der Waals surface area contributed by atoms with Gasteiger partial charge >= 0.3 is 0 Å². The summed E-state index contributed by atoms with van der Waals surface area (Å²) < 4.78 is 26.6. The first kappa shape index (κ1) is 12.7. The molecule has 0 saturated carbocycles. The SMILES string of the molecule is Nc1cc(Br)nc(NCc2ccc(F)cc2F)n1. The molecule has 0 aliphatic rings. The Hall–Kier alpha value is -1.76. The van der Waals surface area contributed by atoms with Gasteiger partial charge in [0.25, 0.3) is 0 Å². The lowest BCUT2D eigenvalue weighted by Crippen LogP contribution is -2.06. The predicted octanol–water partition coefficient (Wildman–Crippen LogP) is 2.71. The van der Waals surface area contributed by atoms with Crippen LogP contribution in [0, 0.1) is 11.6 Å². The van der Waals surface area contributed by atoms with Crippen molar-refractivity contribution in [3.8, 4) is 0 Å². The molecule has 1 heterocycles. The number of halogens is 3. The molecule has 0 radical (unpaired) electrons. The fourth-order valence-electron chi connectivity index (χ4n) is 1.35. The van der Waals surface area contributed by atoms with E-state index in [9.17, 15) is 8.78 Å². The number of hydrogen-bond donors (Lipinski definition) is 2. The van der Waals surface area contributed by atoms with E-state index in [1.807, 2.05) is 0 Å². The van der Waals surface area contributed by atoms with Gasteiger partial charge in [-0.15, -0.1) is 0 Å². The molecule has 0 saturated heterocycles. The first-order valence-corrected chi connectivity index (χ1v) is 5.82. The Morgan fingerprint density at radius 2 is 2.00 bits per heavy atom. The van der Waals surface area contributed by atoms with E-state index >= 15 is 0 Å². The third kappa shape index (κ3) is 3.13. The molecule has 0 aliphatic carbocycles. The molecule has 0 bridgehead atoms. The molecule has 7 heteroatoms. The van der Waals surface area contributed by atoms with E-state index in [0.29, 0.717) is 16.0 Å². The number of anilines is 2. The highest BCUT2D eigenvalue weighted by Crippen LogP contribution is 2.14. The molecule has 2 aromatic rings. The highest BCUT2D eigenvalue weighted by molar-refractivity contribution is 9.10. The van der Waals surface area contributed by atoms with Crippen LogP contribution in [0.25, 0.3) is 0 Å². The topological polar surface area (TPSA) is 63.8 Å². The zero-order valence-corrected chi connectivity index (χ0v) is 10.7. The number of hydrogen-bond acceptors (Lipinski definition) is 4. The van der Waals surface area contributed by atoms with Gasteiger partial charge in [0.1, 0.15) is 22.1 Å². The molecule has 18 heavy (non-hydrogen) atoms. The molecule has 3 N–H and O–H groups in total. The van der Waals surface area contributed by atoms with Crippen molar-refractivity contribution in [3.63, 3.8) is 0 Å². The third-order valence-corrected chi connectivity index (χ3v) is 2.57. The van der Waals surface area contributed by atoms with Gasteiger partial charge in [-0.1, -0.05) is 6.07 Å². The molecule has 1 aromatic carbocycles. The van der Waals surface area contributed by atoms with E-state index < -0.39 is 11.6 Å². The Labute approximate surface area is 110 Å².